The molecule has 0 aliphatic carbocycles. The largest absolute Gasteiger partial charge is 0.349 e. The molecule has 142 valence electrons. The van der Waals surface area contributed by atoms with Crippen LogP contribution in [0.1, 0.15) is 21.6 Å². The maximum absolute atomic E-state index is 12.4. The van der Waals surface area contributed by atoms with Crippen molar-refractivity contribution in [3.05, 3.63) is 64.3 Å². The number of rotatable bonds is 6. The van der Waals surface area contributed by atoms with Crippen LogP contribution in [0.5, 0.6) is 0 Å². The van der Waals surface area contributed by atoms with Crippen LogP contribution >= 0.6 is 11.6 Å². The van der Waals surface area contributed by atoms with Gasteiger partial charge >= 0.3 is 0 Å². The van der Waals surface area contributed by atoms with Crippen molar-refractivity contribution >= 4 is 38.4 Å². The number of aromatic nitrogens is 1. The van der Waals surface area contributed by atoms with Crippen molar-refractivity contribution in [2.24, 2.45) is 0 Å². The summed E-state index contributed by atoms with van der Waals surface area (Å²) in [6.45, 7) is 3.78. The fourth-order valence-corrected chi connectivity index (χ4v) is 4.45. The van der Waals surface area contributed by atoms with Gasteiger partial charge in [0, 0.05) is 24.0 Å². The molecule has 0 radical (unpaired) electrons. The molecule has 3 aromatic rings. The first-order chi connectivity index (χ1) is 12.8. The monoisotopic (exact) mass is 405 g/mol. The number of H-pyrrole nitrogens is 1. The van der Waals surface area contributed by atoms with E-state index >= 15 is 0 Å². The predicted octanol–water partition coefficient (Wildman–Crippen LogP) is 3.15. The Morgan fingerprint density at radius 1 is 1.11 bits per heavy atom. The molecule has 0 bridgehead atoms. The second kappa shape index (κ2) is 7.72. The Balaban J connectivity index is 1.61. The van der Waals surface area contributed by atoms with Crippen LogP contribution in [0.4, 0.5) is 0 Å². The van der Waals surface area contributed by atoms with Crippen molar-refractivity contribution in [1.82, 2.24) is 15.0 Å². The summed E-state index contributed by atoms with van der Waals surface area (Å²) in [6.07, 6.45) is 0. The van der Waals surface area contributed by atoms with Crippen molar-refractivity contribution < 1.29 is 13.2 Å². The highest BCUT2D eigenvalue weighted by Crippen LogP contribution is 2.26. The molecule has 27 heavy (non-hydrogen) atoms. The lowest BCUT2D eigenvalue weighted by Gasteiger charge is -2.10. The highest BCUT2D eigenvalue weighted by Gasteiger charge is 2.18. The molecule has 0 saturated heterocycles. The zero-order valence-electron chi connectivity index (χ0n) is 15.0. The van der Waals surface area contributed by atoms with Crippen LogP contribution in [-0.4, -0.2) is 32.4 Å². The van der Waals surface area contributed by atoms with Gasteiger partial charge in [-0.1, -0.05) is 41.9 Å². The number of hydrogen-bond acceptors (Lipinski definition) is 3. The molecule has 1 aromatic heterocycles. The van der Waals surface area contributed by atoms with E-state index in [1.807, 2.05) is 37.3 Å². The number of aromatic amines is 1. The van der Waals surface area contributed by atoms with Gasteiger partial charge in [0.15, 0.2) is 0 Å². The quantitative estimate of drug-likeness (QED) is 0.550. The Hall–Kier alpha value is -2.35. The summed E-state index contributed by atoms with van der Waals surface area (Å²) in [4.78, 5) is 15.5. The van der Waals surface area contributed by atoms with E-state index in [0.29, 0.717) is 10.6 Å². The number of amides is 1. The van der Waals surface area contributed by atoms with Crippen LogP contribution in [-0.2, 0) is 10.0 Å². The summed E-state index contributed by atoms with van der Waals surface area (Å²) in [6, 6.07) is 12.6. The van der Waals surface area contributed by atoms with Crippen molar-refractivity contribution in [2.75, 3.05) is 13.1 Å². The average Bonchev–Trinajstić information content (AvgIpc) is 2.98. The molecule has 0 unspecified atom stereocenters. The summed E-state index contributed by atoms with van der Waals surface area (Å²) >= 11 is 6.25. The van der Waals surface area contributed by atoms with Gasteiger partial charge in [-0.15, -0.1) is 0 Å². The Bertz CT molecular complexity index is 1110. The van der Waals surface area contributed by atoms with E-state index in [-0.39, 0.29) is 29.6 Å². The molecule has 0 aliphatic heterocycles. The molecule has 3 N–H and O–H groups in total. The van der Waals surface area contributed by atoms with E-state index in [1.165, 1.54) is 0 Å². The third-order valence-corrected chi connectivity index (χ3v) is 6.20. The van der Waals surface area contributed by atoms with E-state index < -0.39 is 10.0 Å². The molecule has 2 aromatic carbocycles. The first-order valence-electron chi connectivity index (χ1n) is 8.41. The highest BCUT2D eigenvalue weighted by molar-refractivity contribution is 7.89. The first-order valence-corrected chi connectivity index (χ1v) is 10.3. The minimum absolute atomic E-state index is 0.0688. The number of nitrogens with one attached hydrogen (secondary N) is 3. The van der Waals surface area contributed by atoms with Crippen molar-refractivity contribution in [3.63, 3.8) is 0 Å². The number of fused-ring (bicyclic) bond motifs is 1. The van der Waals surface area contributed by atoms with Crippen LogP contribution in [0.3, 0.4) is 0 Å². The average molecular weight is 406 g/mol. The second-order valence-corrected chi connectivity index (χ2v) is 8.40. The predicted molar refractivity (Wildman–Crippen MR) is 107 cm³/mol. The van der Waals surface area contributed by atoms with Crippen molar-refractivity contribution in [2.45, 2.75) is 18.7 Å². The molecule has 8 heteroatoms. The number of hydrogen-bond donors (Lipinski definition) is 3. The number of para-hydroxylation sites is 1. The lowest BCUT2D eigenvalue weighted by molar-refractivity contribution is 0.0950. The molecular weight excluding hydrogens is 386 g/mol. The molecule has 1 heterocycles. The van der Waals surface area contributed by atoms with E-state index in [0.717, 1.165) is 16.5 Å². The summed E-state index contributed by atoms with van der Waals surface area (Å²) in [5.74, 6) is -0.387. The van der Waals surface area contributed by atoms with Gasteiger partial charge < -0.3 is 10.3 Å². The summed E-state index contributed by atoms with van der Waals surface area (Å²) in [7, 11) is -3.64. The molecule has 0 atom stereocenters. The van der Waals surface area contributed by atoms with Gasteiger partial charge in [0.2, 0.25) is 10.0 Å². The summed E-state index contributed by atoms with van der Waals surface area (Å²) in [5.41, 5.74) is 2.56. The van der Waals surface area contributed by atoms with E-state index in [2.05, 4.69) is 15.0 Å². The Kier molecular flexibility index (Phi) is 5.55. The Labute approximate surface area is 163 Å². The smallest absolute Gasteiger partial charge is 0.269 e. The molecule has 0 saturated carbocycles. The number of sulfonamides is 1. The number of carbonyl (C=O) groups is 1. The lowest BCUT2D eigenvalue weighted by Crippen LogP contribution is -2.35. The van der Waals surface area contributed by atoms with E-state index in [4.69, 9.17) is 11.6 Å². The van der Waals surface area contributed by atoms with Gasteiger partial charge in [-0.2, -0.15) is 0 Å². The minimum atomic E-state index is -3.64. The Morgan fingerprint density at radius 2 is 1.85 bits per heavy atom. The van der Waals surface area contributed by atoms with Crippen LogP contribution in [0, 0.1) is 13.8 Å². The highest BCUT2D eigenvalue weighted by atomic mass is 35.5. The third-order valence-electron chi connectivity index (χ3n) is 4.21. The molecule has 3 rings (SSSR count). The number of benzene rings is 2. The summed E-state index contributed by atoms with van der Waals surface area (Å²) in [5, 5.41) is 3.78. The van der Waals surface area contributed by atoms with Crippen LogP contribution < -0.4 is 10.0 Å². The van der Waals surface area contributed by atoms with Gasteiger partial charge in [0.05, 0.1) is 9.92 Å². The van der Waals surface area contributed by atoms with Crippen LogP contribution in [0.15, 0.2) is 47.4 Å². The fourth-order valence-electron chi connectivity index (χ4n) is 2.79. The molecule has 0 spiro atoms. The van der Waals surface area contributed by atoms with Gasteiger partial charge in [-0.25, -0.2) is 13.1 Å². The fraction of sp³-hybridized carbons (Fsp3) is 0.211. The standard InChI is InChI=1S/C19H20ClN3O3S/c1-12-7-8-13(2)16(11-12)27(25,26)22-10-9-21-19(24)18-17(20)14-5-3-4-6-15(14)23-18/h3-8,11,22-23H,9-10H2,1-2H3,(H,21,24). The second-order valence-electron chi connectivity index (χ2n) is 6.28. The topological polar surface area (TPSA) is 91.1 Å². The number of carbonyl (C=O) groups excluding carboxylic acids is 1. The molecule has 0 aliphatic rings. The van der Waals surface area contributed by atoms with Crippen LogP contribution in [0.2, 0.25) is 5.02 Å². The normalized spacial score (nSPS) is 11.7. The summed E-state index contributed by atoms with van der Waals surface area (Å²) < 4.78 is 27.4. The number of aryl methyl sites for hydroxylation is 2. The molecule has 6 nitrogen and oxygen atoms in total. The van der Waals surface area contributed by atoms with Crippen LogP contribution in [0.25, 0.3) is 10.9 Å². The SMILES string of the molecule is Cc1ccc(C)c(S(=O)(=O)NCCNC(=O)c2[nH]c3ccccc3c2Cl)c1. The lowest BCUT2D eigenvalue weighted by atomic mass is 10.2. The van der Waals surface area contributed by atoms with Gasteiger partial charge in [0.25, 0.3) is 5.91 Å². The maximum Gasteiger partial charge on any atom is 0.269 e. The molecular formula is C19H20ClN3O3S. The van der Waals surface area contributed by atoms with Crippen molar-refractivity contribution in [1.29, 1.82) is 0 Å². The van der Waals surface area contributed by atoms with Gasteiger partial charge in [-0.3, -0.25) is 4.79 Å². The van der Waals surface area contributed by atoms with E-state index in [9.17, 15) is 13.2 Å². The van der Waals surface area contributed by atoms with Gasteiger partial charge in [0.1, 0.15) is 5.69 Å². The maximum atomic E-state index is 12.4. The van der Waals surface area contributed by atoms with Crippen molar-refractivity contribution in [3.8, 4) is 0 Å². The zero-order chi connectivity index (χ0) is 19.6. The first kappa shape index (κ1) is 19.4. The number of halogens is 1. The molecule has 1 amide bonds. The minimum Gasteiger partial charge on any atom is -0.349 e. The van der Waals surface area contributed by atoms with Gasteiger partial charge in [-0.05, 0) is 37.1 Å². The molecule has 0 fully saturated rings. The van der Waals surface area contributed by atoms with E-state index in [1.54, 1.807) is 19.1 Å². The third kappa shape index (κ3) is 4.16. The zero-order valence-corrected chi connectivity index (χ0v) is 16.5. The Morgan fingerprint density at radius 3 is 2.59 bits per heavy atom.